The largest absolute Gasteiger partial charge is 0.506 e. The molecule has 0 bridgehead atoms. The smallest absolute Gasteiger partial charge is 0.271 e. The van der Waals surface area contributed by atoms with Gasteiger partial charge in [0.05, 0.1) is 9.40 Å². The van der Waals surface area contributed by atoms with E-state index in [2.05, 4.69) is 15.9 Å². The molecule has 86 valence electrons. The van der Waals surface area contributed by atoms with Gasteiger partial charge < -0.3 is 10.8 Å². The highest BCUT2D eigenvalue weighted by Crippen LogP contribution is 2.44. The average molecular weight is 287 g/mol. The molecule has 1 aliphatic carbocycles. The molecule has 0 aliphatic heterocycles. The van der Waals surface area contributed by atoms with Crippen molar-refractivity contribution in [1.29, 1.82) is 0 Å². The number of nitrogens with two attached hydrogens (primary N) is 1. The zero-order valence-electron chi connectivity index (χ0n) is 8.39. The van der Waals surface area contributed by atoms with Crippen molar-refractivity contribution in [3.05, 3.63) is 32.3 Å². The zero-order valence-corrected chi connectivity index (χ0v) is 9.98. The van der Waals surface area contributed by atoms with Crippen LogP contribution in [-0.2, 0) is 0 Å². The van der Waals surface area contributed by atoms with E-state index in [9.17, 15) is 15.2 Å². The lowest BCUT2D eigenvalue weighted by molar-refractivity contribution is -0.385. The number of phenolic OH excluding ortho intramolecular Hbond substituents is 1. The van der Waals surface area contributed by atoms with Gasteiger partial charge in [0.2, 0.25) is 0 Å². The van der Waals surface area contributed by atoms with E-state index in [0.717, 1.165) is 12.8 Å². The monoisotopic (exact) mass is 286 g/mol. The molecular weight excluding hydrogens is 276 g/mol. The lowest BCUT2D eigenvalue weighted by Crippen LogP contribution is -2.13. The van der Waals surface area contributed by atoms with Gasteiger partial charge in [-0.15, -0.1) is 0 Å². The Bertz CT molecular complexity index is 446. The first-order valence-corrected chi connectivity index (χ1v) is 5.72. The van der Waals surface area contributed by atoms with Gasteiger partial charge >= 0.3 is 0 Å². The van der Waals surface area contributed by atoms with E-state index in [1.807, 2.05) is 0 Å². The molecule has 0 aromatic heterocycles. The van der Waals surface area contributed by atoms with Gasteiger partial charge in [0.15, 0.2) is 0 Å². The Balaban J connectivity index is 2.45. The molecule has 1 atom stereocenters. The molecule has 0 radical (unpaired) electrons. The van der Waals surface area contributed by atoms with Crippen LogP contribution in [0.25, 0.3) is 0 Å². The quantitative estimate of drug-likeness (QED) is 0.660. The van der Waals surface area contributed by atoms with Crippen molar-refractivity contribution >= 4 is 21.6 Å². The third-order valence-electron chi connectivity index (χ3n) is 2.78. The summed E-state index contributed by atoms with van der Waals surface area (Å²) in [6.07, 6.45) is 2.03. The summed E-state index contributed by atoms with van der Waals surface area (Å²) in [6.45, 7) is 0. The Morgan fingerprint density at radius 1 is 1.56 bits per heavy atom. The van der Waals surface area contributed by atoms with Gasteiger partial charge in [-0.1, -0.05) is 0 Å². The van der Waals surface area contributed by atoms with Gasteiger partial charge in [0, 0.05) is 23.7 Å². The minimum atomic E-state index is -0.493. The number of nitro benzene ring substituents is 1. The topological polar surface area (TPSA) is 89.4 Å². The van der Waals surface area contributed by atoms with E-state index in [4.69, 9.17) is 5.73 Å². The van der Waals surface area contributed by atoms with Crippen molar-refractivity contribution in [2.45, 2.75) is 18.9 Å². The predicted molar refractivity (Wildman–Crippen MR) is 62.1 cm³/mol. The molecule has 1 aromatic carbocycles. The fourth-order valence-corrected chi connectivity index (χ4v) is 2.14. The van der Waals surface area contributed by atoms with Crippen LogP contribution in [0.4, 0.5) is 5.69 Å². The number of halogens is 1. The van der Waals surface area contributed by atoms with Gasteiger partial charge in [-0.2, -0.15) is 0 Å². The van der Waals surface area contributed by atoms with E-state index in [-0.39, 0.29) is 17.5 Å². The van der Waals surface area contributed by atoms with Crippen molar-refractivity contribution in [3.8, 4) is 5.75 Å². The van der Waals surface area contributed by atoms with Gasteiger partial charge in [0.1, 0.15) is 5.75 Å². The van der Waals surface area contributed by atoms with E-state index < -0.39 is 4.92 Å². The van der Waals surface area contributed by atoms with Crippen LogP contribution in [0.15, 0.2) is 16.6 Å². The zero-order chi connectivity index (χ0) is 11.9. The third kappa shape index (κ3) is 2.03. The minimum absolute atomic E-state index is 0.00463. The highest BCUT2D eigenvalue weighted by molar-refractivity contribution is 9.10. The van der Waals surface area contributed by atoms with Crippen LogP contribution in [-0.4, -0.2) is 10.0 Å². The molecule has 0 spiro atoms. The molecule has 1 aliphatic rings. The minimum Gasteiger partial charge on any atom is -0.506 e. The Morgan fingerprint density at radius 3 is 2.69 bits per heavy atom. The summed E-state index contributed by atoms with van der Waals surface area (Å²) in [5, 5.41) is 20.5. The molecule has 1 saturated carbocycles. The Kier molecular flexibility index (Phi) is 2.86. The second-order valence-electron chi connectivity index (χ2n) is 3.99. The Morgan fingerprint density at radius 2 is 2.19 bits per heavy atom. The molecule has 1 fully saturated rings. The van der Waals surface area contributed by atoms with E-state index in [0.29, 0.717) is 16.0 Å². The lowest BCUT2D eigenvalue weighted by Gasteiger charge is -2.13. The number of benzene rings is 1. The van der Waals surface area contributed by atoms with Crippen LogP contribution >= 0.6 is 15.9 Å². The Hall–Kier alpha value is -1.14. The third-order valence-corrected chi connectivity index (χ3v) is 3.38. The average Bonchev–Trinajstić information content (AvgIpc) is 3.04. The number of non-ortho nitro benzene ring substituents is 1. The van der Waals surface area contributed by atoms with Crippen LogP contribution in [0, 0.1) is 16.0 Å². The SMILES string of the molecule is N[C@H](c1cc([N+](=O)[O-])cc(Br)c1O)C1CC1. The molecule has 1 aromatic rings. The summed E-state index contributed by atoms with van der Waals surface area (Å²) in [4.78, 5) is 10.2. The second-order valence-corrected chi connectivity index (χ2v) is 4.84. The van der Waals surface area contributed by atoms with Gasteiger partial charge in [-0.25, -0.2) is 0 Å². The normalized spacial score (nSPS) is 17.1. The summed E-state index contributed by atoms with van der Waals surface area (Å²) >= 11 is 3.09. The maximum absolute atomic E-state index is 10.7. The first-order chi connectivity index (χ1) is 7.50. The standard InChI is InChI=1S/C10H11BrN2O3/c11-8-4-6(13(15)16)3-7(10(8)14)9(12)5-1-2-5/h3-5,9,14H,1-2,12H2/t9-/m0/s1. The maximum Gasteiger partial charge on any atom is 0.271 e. The molecule has 3 N–H and O–H groups in total. The molecule has 16 heavy (non-hydrogen) atoms. The summed E-state index contributed by atoms with van der Waals surface area (Å²) in [5.41, 5.74) is 6.32. The molecule has 0 heterocycles. The number of aromatic hydroxyl groups is 1. The van der Waals surface area contributed by atoms with Crippen molar-refractivity contribution in [3.63, 3.8) is 0 Å². The maximum atomic E-state index is 10.7. The fraction of sp³-hybridized carbons (Fsp3) is 0.400. The second kappa shape index (κ2) is 4.03. The van der Waals surface area contributed by atoms with Gasteiger partial charge in [0.25, 0.3) is 5.69 Å². The predicted octanol–water partition coefficient (Wildman–Crippen LogP) is 2.47. The highest BCUT2D eigenvalue weighted by atomic mass is 79.9. The first-order valence-electron chi connectivity index (χ1n) is 4.93. The molecule has 6 heteroatoms. The highest BCUT2D eigenvalue weighted by Gasteiger charge is 2.32. The molecule has 5 nitrogen and oxygen atoms in total. The van der Waals surface area contributed by atoms with E-state index in [1.165, 1.54) is 12.1 Å². The number of hydrogen-bond donors (Lipinski definition) is 2. The molecule has 0 saturated heterocycles. The molecule has 0 amide bonds. The van der Waals surface area contributed by atoms with E-state index >= 15 is 0 Å². The number of rotatable bonds is 3. The number of nitro groups is 1. The van der Waals surface area contributed by atoms with Crippen LogP contribution in [0.5, 0.6) is 5.75 Å². The van der Waals surface area contributed by atoms with Crippen molar-refractivity contribution in [1.82, 2.24) is 0 Å². The Labute approximate surface area is 101 Å². The molecule has 2 rings (SSSR count). The first kappa shape index (κ1) is 11.3. The van der Waals surface area contributed by atoms with Crippen molar-refractivity contribution in [2.75, 3.05) is 0 Å². The number of nitrogens with zero attached hydrogens (tertiary/aromatic N) is 1. The summed E-state index contributed by atoms with van der Waals surface area (Å²) < 4.78 is 0.313. The van der Waals surface area contributed by atoms with Crippen LogP contribution in [0.3, 0.4) is 0 Å². The molecule has 0 unspecified atom stereocenters. The van der Waals surface area contributed by atoms with Crippen LogP contribution < -0.4 is 5.73 Å². The van der Waals surface area contributed by atoms with Gasteiger partial charge in [-0.3, -0.25) is 10.1 Å². The van der Waals surface area contributed by atoms with E-state index in [1.54, 1.807) is 0 Å². The molecular formula is C10H11BrN2O3. The lowest BCUT2D eigenvalue weighted by atomic mass is 10.0. The summed E-state index contributed by atoms with van der Waals surface area (Å²) in [5.74, 6) is 0.338. The summed E-state index contributed by atoms with van der Waals surface area (Å²) in [7, 11) is 0. The number of phenols is 1. The fourth-order valence-electron chi connectivity index (χ4n) is 1.67. The van der Waals surface area contributed by atoms with Crippen LogP contribution in [0.1, 0.15) is 24.4 Å². The summed E-state index contributed by atoms with van der Waals surface area (Å²) in [6, 6.07) is 2.30. The van der Waals surface area contributed by atoms with Crippen LogP contribution in [0.2, 0.25) is 0 Å². The number of hydrogen-bond acceptors (Lipinski definition) is 4. The van der Waals surface area contributed by atoms with Crippen molar-refractivity contribution in [2.24, 2.45) is 11.7 Å². The van der Waals surface area contributed by atoms with Crippen molar-refractivity contribution < 1.29 is 10.0 Å². The van der Waals surface area contributed by atoms with Gasteiger partial charge in [-0.05, 0) is 34.7 Å².